The van der Waals surface area contributed by atoms with Crippen LogP contribution in [0.1, 0.15) is 18.4 Å². The Morgan fingerprint density at radius 3 is 2.81 bits per heavy atom. The zero-order valence-electron chi connectivity index (χ0n) is 11.7. The summed E-state index contributed by atoms with van der Waals surface area (Å²) in [7, 11) is 0. The Bertz CT molecular complexity index is 598. The van der Waals surface area contributed by atoms with Gasteiger partial charge < -0.3 is 10.4 Å². The average Bonchev–Trinajstić information content (AvgIpc) is 2.94. The lowest BCUT2D eigenvalue weighted by molar-refractivity contribution is -0.121. The van der Waals surface area contributed by atoms with E-state index in [9.17, 15) is 9.18 Å². The molecule has 1 aromatic heterocycles. The molecule has 0 bridgehead atoms. The summed E-state index contributed by atoms with van der Waals surface area (Å²) >= 11 is 1.48. The fourth-order valence-electron chi connectivity index (χ4n) is 1.79. The summed E-state index contributed by atoms with van der Waals surface area (Å²) in [5.74, 6) is -0.376. The minimum atomic E-state index is -0.274. The first-order valence-electron chi connectivity index (χ1n) is 6.69. The lowest BCUT2D eigenvalue weighted by Gasteiger charge is -2.09. The van der Waals surface area contributed by atoms with Crippen LogP contribution in [0.2, 0.25) is 0 Å². The number of aliphatic hydroxyl groups excluding tert-OH is 1. The smallest absolute Gasteiger partial charge is 0.220 e. The second-order valence-electron chi connectivity index (χ2n) is 4.78. The number of aromatic nitrogens is 1. The summed E-state index contributed by atoms with van der Waals surface area (Å²) in [5.41, 5.74) is 1.65. The molecule has 6 heteroatoms. The fraction of sp³-hybridized carbons (Fsp3) is 0.333. The van der Waals surface area contributed by atoms with Crippen molar-refractivity contribution in [2.75, 3.05) is 6.61 Å². The Hall–Kier alpha value is -1.79. The standard InChI is InChI=1S/C15H17FN2O2S/c1-10(8-19)17-14(20)6-7-15-18-13(9-21-15)11-2-4-12(16)5-3-11/h2-5,9-10,19H,6-8H2,1H3,(H,17,20). The van der Waals surface area contributed by atoms with Crippen LogP contribution in [0.25, 0.3) is 11.3 Å². The van der Waals surface area contributed by atoms with Gasteiger partial charge in [-0.25, -0.2) is 9.37 Å². The van der Waals surface area contributed by atoms with E-state index in [4.69, 9.17) is 5.11 Å². The molecule has 2 aromatic rings. The Kier molecular flexibility index (Phi) is 5.41. The van der Waals surface area contributed by atoms with Crippen LogP contribution < -0.4 is 5.32 Å². The van der Waals surface area contributed by atoms with E-state index in [-0.39, 0.29) is 24.4 Å². The van der Waals surface area contributed by atoms with Gasteiger partial charge in [0.05, 0.1) is 17.3 Å². The molecule has 0 aliphatic rings. The quantitative estimate of drug-likeness (QED) is 0.861. The fourth-order valence-corrected chi connectivity index (χ4v) is 2.60. The number of hydrogen-bond donors (Lipinski definition) is 2. The molecule has 1 atom stereocenters. The summed E-state index contributed by atoms with van der Waals surface area (Å²) < 4.78 is 12.9. The van der Waals surface area contributed by atoms with Gasteiger partial charge in [0.15, 0.2) is 0 Å². The van der Waals surface area contributed by atoms with Crippen molar-refractivity contribution in [2.45, 2.75) is 25.8 Å². The maximum Gasteiger partial charge on any atom is 0.220 e. The first kappa shape index (κ1) is 15.6. The van der Waals surface area contributed by atoms with Gasteiger partial charge in [0.2, 0.25) is 5.91 Å². The summed E-state index contributed by atoms with van der Waals surface area (Å²) in [6.07, 6.45) is 0.885. The summed E-state index contributed by atoms with van der Waals surface area (Å²) in [4.78, 5) is 16.1. The van der Waals surface area contributed by atoms with Gasteiger partial charge in [-0.15, -0.1) is 11.3 Å². The van der Waals surface area contributed by atoms with Crippen LogP contribution in [0.4, 0.5) is 4.39 Å². The van der Waals surface area contributed by atoms with Crippen molar-refractivity contribution in [3.63, 3.8) is 0 Å². The molecule has 2 rings (SSSR count). The number of thiazole rings is 1. The van der Waals surface area contributed by atoms with Crippen molar-refractivity contribution < 1.29 is 14.3 Å². The molecule has 0 spiro atoms. The van der Waals surface area contributed by atoms with Crippen molar-refractivity contribution in [2.24, 2.45) is 0 Å². The largest absolute Gasteiger partial charge is 0.394 e. The Labute approximate surface area is 126 Å². The molecule has 112 valence electrons. The van der Waals surface area contributed by atoms with Gasteiger partial charge >= 0.3 is 0 Å². The van der Waals surface area contributed by atoms with Crippen LogP contribution in [0, 0.1) is 5.82 Å². The maximum absolute atomic E-state index is 12.9. The van der Waals surface area contributed by atoms with E-state index in [1.54, 1.807) is 19.1 Å². The number of amides is 1. The van der Waals surface area contributed by atoms with Crippen LogP contribution in [0.3, 0.4) is 0 Å². The van der Waals surface area contributed by atoms with Crippen LogP contribution >= 0.6 is 11.3 Å². The van der Waals surface area contributed by atoms with Crippen molar-refractivity contribution in [3.05, 3.63) is 40.5 Å². The predicted octanol–water partition coefficient (Wildman–Crippen LogP) is 2.38. The Morgan fingerprint density at radius 2 is 2.14 bits per heavy atom. The second-order valence-corrected chi connectivity index (χ2v) is 5.73. The highest BCUT2D eigenvalue weighted by Crippen LogP contribution is 2.22. The molecule has 1 amide bonds. The SMILES string of the molecule is CC(CO)NC(=O)CCc1nc(-c2ccc(F)cc2)cs1. The summed E-state index contributed by atoms with van der Waals surface area (Å²) in [6, 6.07) is 5.94. The molecule has 1 heterocycles. The highest BCUT2D eigenvalue weighted by Gasteiger charge is 2.09. The zero-order chi connectivity index (χ0) is 15.2. The first-order chi connectivity index (χ1) is 10.1. The molecular formula is C15H17FN2O2S. The molecule has 21 heavy (non-hydrogen) atoms. The number of carbonyl (C=O) groups excluding carboxylic acids is 1. The van der Waals surface area contributed by atoms with Crippen molar-refractivity contribution in [1.82, 2.24) is 10.3 Å². The number of aryl methyl sites for hydroxylation is 1. The van der Waals surface area contributed by atoms with Crippen molar-refractivity contribution in [3.8, 4) is 11.3 Å². The maximum atomic E-state index is 12.9. The third kappa shape index (κ3) is 4.61. The van der Waals surface area contributed by atoms with E-state index in [1.807, 2.05) is 5.38 Å². The average molecular weight is 308 g/mol. The molecule has 0 saturated carbocycles. The van der Waals surface area contributed by atoms with Crippen molar-refractivity contribution in [1.29, 1.82) is 0 Å². The molecule has 0 saturated heterocycles. The molecule has 0 aliphatic carbocycles. The highest BCUT2D eigenvalue weighted by molar-refractivity contribution is 7.09. The van der Waals surface area contributed by atoms with Crippen molar-refractivity contribution >= 4 is 17.2 Å². The number of hydrogen-bond acceptors (Lipinski definition) is 4. The summed E-state index contributed by atoms with van der Waals surface area (Å²) in [6.45, 7) is 1.67. The number of benzene rings is 1. The van der Waals surface area contributed by atoms with Gasteiger partial charge in [-0.1, -0.05) is 0 Å². The second kappa shape index (κ2) is 7.28. The van der Waals surface area contributed by atoms with Crippen LogP contribution in [0.15, 0.2) is 29.6 Å². The molecule has 0 radical (unpaired) electrons. The third-order valence-corrected chi connectivity index (χ3v) is 3.85. The topological polar surface area (TPSA) is 62.2 Å². The van der Waals surface area contributed by atoms with E-state index in [1.165, 1.54) is 23.5 Å². The van der Waals surface area contributed by atoms with Crippen LogP contribution in [0.5, 0.6) is 0 Å². The number of halogens is 1. The molecule has 0 aliphatic heterocycles. The Morgan fingerprint density at radius 1 is 1.43 bits per heavy atom. The summed E-state index contributed by atoms with van der Waals surface area (Å²) in [5, 5.41) is 14.3. The molecule has 0 fully saturated rings. The van der Waals surface area contributed by atoms with Crippen LogP contribution in [-0.2, 0) is 11.2 Å². The third-order valence-electron chi connectivity index (χ3n) is 2.94. The van der Waals surface area contributed by atoms with E-state index in [0.29, 0.717) is 12.8 Å². The van der Waals surface area contributed by atoms with Crippen LogP contribution in [-0.4, -0.2) is 28.6 Å². The lowest BCUT2D eigenvalue weighted by Crippen LogP contribution is -2.35. The number of carbonyl (C=O) groups is 1. The van der Waals surface area contributed by atoms with Gasteiger partial charge in [-0.3, -0.25) is 4.79 Å². The Balaban J connectivity index is 1.91. The lowest BCUT2D eigenvalue weighted by atomic mass is 10.2. The van der Waals surface area contributed by atoms with Gasteiger partial charge in [0.25, 0.3) is 0 Å². The molecule has 2 N–H and O–H groups in total. The number of rotatable bonds is 6. The van der Waals surface area contributed by atoms with E-state index >= 15 is 0 Å². The van der Waals surface area contributed by atoms with E-state index in [2.05, 4.69) is 10.3 Å². The van der Waals surface area contributed by atoms with E-state index in [0.717, 1.165) is 16.3 Å². The van der Waals surface area contributed by atoms with E-state index < -0.39 is 0 Å². The van der Waals surface area contributed by atoms with Gasteiger partial charge in [0, 0.05) is 29.8 Å². The predicted molar refractivity (Wildman–Crippen MR) is 80.5 cm³/mol. The highest BCUT2D eigenvalue weighted by atomic mass is 32.1. The number of nitrogens with one attached hydrogen (secondary N) is 1. The van der Waals surface area contributed by atoms with Gasteiger partial charge in [-0.2, -0.15) is 0 Å². The minimum absolute atomic E-state index is 0.0717. The normalized spacial score (nSPS) is 12.1. The molecule has 4 nitrogen and oxygen atoms in total. The number of nitrogens with zero attached hydrogens (tertiary/aromatic N) is 1. The van der Waals surface area contributed by atoms with Gasteiger partial charge in [0.1, 0.15) is 5.82 Å². The first-order valence-corrected chi connectivity index (χ1v) is 7.57. The number of aliphatic hydroxyl groups is 1. The monoisotopic (exact) mass is 308 g/mol. The minimum Gasteiger partial charge on any atom is -0.394 e. The zero-order valence-corrected chi connectivity index (χ0v) is 12.5. The molecule has 1 unspecified atom stereocenters. The van der Waals surface area contributed by atoms with Gasteiger partial charge in [-0.05, 0) is 31.2 Å². The molecule has 1 aromatic carbocycles. The molecular weight excluding hydrogens is 291 g/mol.